The lowest BCUT2D eigenvalue weighted by atomic mass is 9.88. The Balaban J connectivity index is 0.00000114. The van der Waals surface area contributed by atoms with Gasteiger partial charge in [-0.25, -0.2) is 0 Å². The Morgan fingerprint density at radius 3 is 0.944 bits per heavy atom. The number of ether oxygens (including phenoxy) is 1. The molecule has 11 aromatic rings. The Bertz CT molecular complexity index is 3300. The first kappa shape index (κ1) is 47.7. The SMILES string of the molecule is CC[N+](C)(C)CCCOc1cc(-c2cc(-c3cccc4ccccc34)cc(-c3cccc4ccccc34)c2)cc(-c2cc(-c3cccc4ccccc34)cc(-c3cccc4ccccc34)c2)c1.F[B-](F)(F)F. The van der Waals surface area contributed by atoms with Crippen LogP contribution in [-0.2, 0) is 0 Å². The van der Waals surface area contributed by atoms with Crippen LogP contribution in [0.5, 0.6) is 5.75 Å². The fraction of sp³-hybridized carbons (Fsp3) is 0.108. The Morgan fingerprint density at radius 2 is 0.625 bits per heavy atom. The van der Waals surface area contributed by atoms with Gasteiger partial charge < -0.3 is 26.5 Å². The molecule has 356 valence electrons. The van der Waals surface area contributed by atoms with Crippen LogP contribution in [0.25, 0.3) is 110 Å². The largest absolute Gasteiger partial charge is 0.673 e. The van der Waals surface area contributed by atoms with E-state index < -0.39 is 7.25 Å². The van der Waals surface area contributed by atoms with Crippen molar-refractivity contribution in [2.24, 2.45) is 0 Å². The number of fused-ring (bicyclic) bond motifs is 4. The maximum absolute atomic E-state index is 9.75. The molecular formula is C65H54BF4NO. The first-order valence-corrected chi connectivity index (χ1v) is 24.6. The van der Waals surface area contributed by atoms with Gasteiger partial charge in [0.1, 0.15) is 5.75 Å². The lowest BCUT2D eigenvalue weighted by Crippen LogP contribution is -2.40. The number of halogens is 4. The highest BCUT2D eigenvalue weighted by Crippen LogP contribution is 2.43. The maximum atomic E-state index is 9.75. The summed E-state index contributed by atoms with van der Waals surface area (Å²) in [6, 6.07) is 82.8. The molecule has 0 bridgehead atoms. The van der Waals surface area contributed by atoms with Gasteiger partial charge in [0, 0.05) is 6.42 Å². The minimum absolute atomic E-state index is 0.638. The normalized spacial score (nSPS) is 11.8. The molecule has 0 heterocycles. The van der Waals surface area contributed by atoms with Gasteiger partial charge in [-0.2, -0.15) is 0 Å². The zero-order valence-corrected chi connectivity index (χ0v) is 40.6. The third kappa shape index (κ3) is 10.7. The van der Waals surface area contributed by atoms with E-state index in [0.717, 1.165) is 52.0 Å². The molecule has 0 fully saturated rings. The highest BCUT2D eigenvalue weighted by molar-refractivity contribution is 6.50. The number of nitrogens with zero attached hydrogens (tertiary/aromatic N) is 1. The van der Waals surface area contributed by atoms with Crippen LogP contribution in [0.2, 0.25) is 0 Å². The van der Waals surface area contributed by atoms with Crippen LogP contribution >= 0.6 is 0 Å². The quantitative estimate of drug-likeness (QED) is 0.0513. The number of rotatable bonds is 12. The van der Waals surface area contributed by atoms with E-state index in [1.165, 1.54) is 87.6 Å². The summed E-state index contributed by atoms with van der Waals surface area (Å²) in [5.74, 6) is 0.874. The van der Waals surface area contributed by atoms with Crippen LogP contribution in [-0.4, -0.2) is 45.5 Å². The molecule has 0 aromatic heterocycles. The molecule has 0 atom stereocenters. The van der Waals surface area contributed by atoms with Crippen molar-refractivity contribution in [1.29, 1.82) is 0 Å². The van der Waals surface area contributed by atoms with Crippen LogP contribution in [0, 0.1) is 0 Å². The molecular weight excluding hydrogens is 898 g/mol. The summed E-state index contributed by atoms with van der Waals surface area (Å²) in [4.78, 5) is 0. The monoisotopic (exact) mass is 951 g/mol. The van der Waals surface area contributed by atoms with Crippen molar-refractivity contribution in [2.75, 3.05) is 33.8 Å². The summed E-state index contributed by atoms with van der Waals surface area (Å²) in [5.41, 5.74) is 14.1. The second kappa shape index (κ2) is 20.4. The lowest BCUT2D eigenvalue weighted by Gasteiger charge is -2.28. The molecule has 0 radical (unpaired) electrons. The first-order valence-electron chi connectivity index (χ1n) is 24.6. The second-order valence-corrected chi connectivity index (χ2v) is 19.1. The van der Waals surface area contributed by atoms with Gasteiger partial charge in [-0.3, -0.25) is 0 Å². The van der Waals surface area contributed by atoms with Gasteiger partial charge in [-0.1, -0.05) is 170 Å². The molecule has 0 unspecified atom stereocenters. The summed E-state index contributed by atoms with van der Waals surface area (Å²) >= 11 is 0. The third-order valence-corrected chi connectivity index (χ3v) is 13.9. The molecule has 0 saturated carbocycles. The molecule has 0 N–H and O–H groups in total. The van der Waals surface area contributed by atoms with Crippen molar-refractivity contribution >= 4 is 50.3 Å². The molecule has 0 aliphatic carbocycles. The van der Waals surface area contributed by atoms with Gasteiger partial charge >= 0.3 is 7.25 Å². The minimum atomic E-state index is -6.00. The molecule has 0 spiro atoms. The fourth-order valence-corrected chi connectivity index (χ4v) is 9.98. The Labute approximate surface area is 419 Å². The van der Waals surface area contributed by atoms with E-state index in [2.05, 4.69) is 245 Å². The number of hydrogen-bond acceptors (Lipinski definition) is 1. The average molecular weight is 952 g/mol. The summed E-state index contributed by atoms with van der Waals surface area (Å²) in [6.07, 6.45) is 0.962. The van der Waals surface area contributed by atoms with Crippen molar-refractivity contribution in [3.05, 3.63) is 224 Å². The van der Waals surface area contributed by atoms with Gasteiger partial charge in [0.05, 0.1) is 33.8 Å². The van der Waals surface area contributed by atoms with E-state index in [4.69, 9.17) is 4.74 Å². The second-order valence-electron chi connectivity index (χ2n) is 19.1. The molecule has 11 aromatic carbocycles. The molecule has 72 heavy (non-hydrogen) atoms. The molecule has 0 aliphatic heterocycles. The molecule has 0 saturated heterocycles. The summed E-state index contributed by atoms with van der Waals surface area (Å²) < 4.78 is 46.8. The van der Waals surface area contributed by atoms with Gasteiger partial charge in [-0.15, -0.1) is 0 Å². The van der Waals surface area contributed by atoms with Crippen LogP contribution in [0.3, 0.4) is 0 Å². The zero-order chi connectivity index (χ0) is 49.8. The molecule has 0 aliphatic rings. The van der Waals surface area contributed by atoms with Crippen LogP contribution in [0.15, 0.2) is 224 Å². The lowest BCUT2D eigenvalue weighted by molar-refractivity contribution is -0.888. The highest BCUT2D eigenvalue weighted by Gasteiger charge is 2.21. The highest BCUT2D eigenvalue weighted by atomic mass is 19.5. The maximum Gasteiger partial charge on any atom is 0.673 e. The van der Waals surface area contributed by atoms with Crippen LogP contribution < -0.4 is 4.74 Å². The third-order valence-electron chi connectivity index (χ3n) is 13.9. The predicted octanol–water partition coefficient (Wildman–Crippen LogP) is 18.5. The number of quaternary nitrogens is 1. The zero-order valence-electron chi connectivity index (χ0n) is 40.6. The van der Waals surface area contributed by atoms with Gasteiger partial charge in [-0.05, 0) is 171 Å². The minimum Gasteiger partial charge on any atom is -0.493 e. The molecule has 11 rings (SSSR count). The standard InChI is InChI=1S/C65H54NO.BF4/c1-4-66(2,3)34-17-35-67-57-43-51(49-37-53(62-30-13-22-45-18-5-9-26-58(45)62)41-54(38-49)63-31-14-23-46-19-6-10-27-59(46)63)36-52(44-57)50-39-55(64-32-15-24-47-20-7-11-28-60(47)64)42-56(40-50)65-33-16-25-48-21-8-12-29-61(48)65;2-1(3,4)5/h5-16,18-33,36-44H,4,17,34-35H2,1-3H3;/q+1;-1. The van der Waals surface area contributed by atoms with E-state index in [0.29, 0.717) is 6.61 Å². The first-order chi connectivity index (χ1) is 34.9. The molecule has 2 nitrogen and oxygen atoms in total. The fourth-order valence-electron chi connectivity index (χ4n) is 9.98. The smallest absolute Gasteiger partial charge is 0.493 e. The molecule has 7 heteroatoms. The summed E-state index contributed by atoms with van der Waals surface area (Å²) in [7, 11) is -1.41. The Morgan fingerprint density at radius 1 is 0.361 bits per heavy atom. The van der Waals surface area contributed by atoms with Gasteiger partial charge in [0.25, 0.3) is 0 Å². The van der Waals surface area contributed by atoms with E-state index >= 15 is 0 Å². The number of benzene rings is 11. The summed E-state index contributed by atoms with van der Waals surface area (Å²) in [5, 5.41) is 9.87. The van der Waals surface area contributed by atoms with E-state index in [1.54, 1.807) is 0 Å². The number of hydrogen-bond donors (Lipinski definition) is 0. The van der Waals surface area contributed by atoms with Crippen molar-refractivity contribution in [3.8, 4) is 72.5 Å². The van der Waals surface area contributed by atoms with Gasteiger partial charge in [0.15, 0.2) is 0 Å². The average Bonchev–Trinajstić information content (AvgIpc) is 3.40. The topological polar surface area (TPSA) is 9.23 Å². The summed E-state index contributed by atoms with van der Waals surface area (Å²) in [6.45, 7) is 5.03. The van der Waals surface area contributed by atoms with Crippen molar-refractivity contribution in [1.82, 2.24) is 0 Å². The Kier molecular flexibility index (Phi) is 13.5. The Hall–Kier alpha value is -8.00. The van der Waals surface area contributed by atoms with Crippen molar-refractivity contribution < 1.29 is 26.5 Å². The van der Waals surface area contributed by atoms with Crippen molar-refractivity contribution in [2.45, 2.75) is 13.3 Å². The van der Waals surface area contributed by atoms with Crippen LogP contribution in [0.4, 0.5) is 17.3 Å². The van der Waals surface area contributed by atoms with Crippen molar-refractivity contribution in [3.63, 3.8) is 0 Å². The van der Waals surface area contributed by atoms with Gasteiger partial charge in [0.2, 0.25) is 0 Å². The van der Waals surface area contributed by atoms with E-state index in [-0.39, 0.29) is 0 Å². The molecule has 0 amide bonds. The van der Waals surface area contributed by atoms with E-state index in [9.17, 15) is 17.3 Å². The van der Waals surface area contributed by atoms with Crippen LogP contribution in [0.1, 0.15) is 13.3 Å². The van der Waals surface area contributed by atoms with E-state index in [1.807, 2.05) is 0 Å². The predicted molar refractivity (Wildman–Crippen MR) is 297 cm³/mol.